The average Bonchev–Trinajstić information content (AvgIpc) is 3.05. The molecular formula is C18H18N2O. The molecule has 0 aliphatic rings. The number of aromatic nitrogens is 2. The maximum atomic E-state index is 9.82. The highest BCUT2D eigenvalue weighted by molar-refractivity contribution is 5.62. The Labute approximate surface area is 124 Å². The second-order valence-corrected chi connectivity index (χ2v) is 5.06. The van der Waals surface area contributed by atoms with Crippen molar-refractivity contribution in [1.82, 2.24) is 9.78 Å². The molecule has 3 nitrogen and oxygen atoms in total. The molecule has 3 rings (SSSR count). The van der Waals surface area contributed by atoms with E-state index in [9.17, 15) is 5.11 Å². The van der Waals surface area contributed by atoms with E-state index < -0.39 is 6.10 Å². The topological polar surface area (TPSA) is 38.0 Å². The van der Waals surface area contributed by atoms with Crippen molar-refractivity contribution < 1.29 is 5.11 Å². The second-order valence-electron chi connectivity index (χ2n) is 5.06. The lowest BCUT2D eigenvalue weighted by Gasteiger charge is -2.08. The van der Waals surface area contributed by atoms with Crippen molar-refractivity contribution in [2.75, 3.05) is 0 Å². The van der Waals surface area contributed by atoms with Crippen molar-refractivity contribution in [1.29, 1.82) is 0 Å². The average molecular weight is 278 g/mol. The molecule has 0 amide bonds. The molecule has 0 saturated carbocycles. The van der Waals surface area contributed by atoms with Gasteiger partial charge in [-0.25, -0.2) is 4.68 Å². The monoisotopic (exact) mass is 278 g/mol. The van der Waals surface area contributed by atoms with E-state index in [1.54, 1.807) is 0 Å². The van der Waals surface area contributed by atoms with E-state index in [4.69, 9.17) is 0 Å². The summed E-state index contributed by atoms with van der Waals surface area (Å²) in [5, 5.41) is 14.2. The molecule has 3 aromatic rings. The van der Waals surface area contributed by atoms with Gasteiger partial charge in [0.1, 0.15) is 0 Å². The first kappa shape index (κ1) is 13.6. The maximum Gasteiger partial charge on any atom is 0.0787 e. The fourth-order valence-corrected chi connectivity index (χ4v) is 2.33. The largest absolute Gasteiger partial charge is 0.388 e. The van der Waals surface area contributed by atoms with Gasteiger partial charge in [-0.1, -0.05) is 49.4 Å². The van der Waals surface area contributed by atoms with Crippen LogP contribution in [0.15, 0.2) is 67.0 Å². The third-order valence-electron chi connectivity index (χ3n) is 3.62. The number of hydrogen-bond acceptors (Lipinski definition) is 2. The fourth-order valence-electron chi connectivity index (χ4n) is 2.33. The summed E-state index contributed by atoms with van der Waals surface area (Å²) in [5.41, 5.74) is 4.18. The maximum absolute atomic E-state index is 9.82. The van der Waals surface area contributed by atoms with E-state index in [0.717, 1.165) is 28.8 Å². The molecule has 1 aromatic heterocycles. The molecule has 0 aliphatic heterocycles. The van der Waals surface area contributed by atoms with Gasteiger partial charge in [-0.3, -0.25) is 0 Å². The van der Waals surface area contributed by atoms with Crippen LogP contribution in [-0.2, 0) is 0 Å². The molecule has 21 heavy (non-hydrogen) atoms. The third kappa shape index (κ3) is 2.88. The van der Waals surface area contributed by atoms with Crippen LogP contribution in [0.5, 0.6) is 0 Å². The van der Waals surface area contributed by atoms with E-state index in [1.165, 1.54) is 0 Å². The minimum atomic E-state index is -0.392. The number of nitrogens with zero attached hydrogens (tertiary/aromatic N) is 2. The molecule has 106 valence electrons. The van der Waals surface area contributed by atoms with E-state index >= 15 is 0 Å². The number of aliphatic hydroxyl groups excluding tert-OH is 1. The van der Waals surface area contributed by atoms with Crippen molar-refractivity contribution >= 4 is 0 Å². The Morgan fingerprint density at radius 2 is 1.71 bits per heavy atom. The predicted molar refractivity (Wildman–Crippen MR) is 84.3 cm³/mol. The van der Waals surface area contributed by atoms with Crippen LogP contribution in [0, 0.1) is 0 Å². The summed E-state index contributed by atoms with van der Waals surface area (Å²) in [4.78, 5) is 0. The van der Waals surface area contributed by atoms with E-state index in [-0.39, 0.29) is 0 Å². The lowest BCUT2D eigenvalue weighted by molar-refractivity contribution is 0.173. The zero-order chi connectivity index (χ0) is 14.7. The van der Waals surface area contributed by atoms with Gasteiger partial charge in [0.25, 0.3) is 0 Å². The molecule has 3 heteroatoms. The van der Waals surface area contributed by atoms with Crippen LogP contribution in [-0.4, -0.2) is 14.9 Å². The summed E-state index contributed by atoms with van der Waals surface area (Å²) in [6, 6.07) is 18.1. The Bertz CT molecular complexity index is 702. The van der Waals surface area contributed by atoms with Gasteiger partial charge in [0.05, 0.1) is 18.0 Å². The summed E-state index contributed by atoms with van der Waals surface area (Å²) >= 11 is 0. The smallest absolute Gasteiger partial charge is 0.0787 e. The van der Waals surface area contributed by atoms with Gasteiger partial charge in [0.2, 0.25) is 0 Å². The van der Waals surface area contributed by atoms with Crippen LogP contribution >= 0.6 is 0 Å². The third-order valence-corrected chi connectivity index (χ3v) is 3.62. The quantitative estimate of drug-likeness (QED) is 0.783. The van der Waals surface area contributed by atoms with Gasteiger partial charge in [0, 0.05) is 11.8 Å². The van der Waals surface area contributed by atoms with Gasteiger partial charge in [-0.15, -0.1) is 0 Å². The Hall–Kier alpha value is -2.39. The van der Waals surface area contributed by atoms with Gasteiger partial charge in [0.15, 0.2) is 0 Å². The Morgan fingerprint density at radius 1 is 1.00 bits per heavy atom. The molecule has 0 spiro atoms. The summed E-state index contributed by atoms with van der Waals surface area (Å²) in [7, 11) is 0. The van der Waals surface area contributed by atoms with E-state index in [0.29, 0.717) is 0 Å². The van der Waals surface area contributed by atoms with Crippen LogP contribution in [0.1, 0.15) is 25.0 Å². The van der Waals surface area contributed by atoms with Crippen molar-refractivity contribution in [3.8, 4) is 16.8 Å². The van der Waals surface area contributed by atoms with Crippen molar-refractivity contribution in [2.45, 2.75) is 19.4 Å². The second kappa shape index (κ2) is 5.94. The summed E-state index contributed by atoms with van der Waals surface area (Å²) in [6.45, 7) is 1.97. The van der Waals surface area contributed by atoms with E-state index in [1.807, 2.05) is 66.5 Å². The van der Waals surface area contributed by atoms with Crippen LogP contribution in [0.3, 0.4) is 0 Å². The first-order valence-corrected chi connectivity index (χ1v) is 7.16. The highest BCUT2D eigenvalue weighted by Crippen LogP contribution is 2.21. The SMILES string of the molecule is CC[C@H](O)c1ccc(-n2cc(-c3ccccc3)cn2)cc1. The van der Waals surface area contributed by atoms with Gasteiger partial charge in [-0.05, 0) is 29.7 Å². The molecule has 2 aromatic carbocycles. The van der Waals surface area contributed by atoms with Crippen LogP contribution in [0.4, 0.5) is 0 Å². The van der Waals surface area contributed by atoms with Crippen molar-refractivity contribution in [3.63, 3.8) is 0 Å². The zero-order valence-corrected chi connectivity index (χ0v) is 12.0. The normalized spacial score (nSPS) is 12.3. The van der Waals surface area contributed by atoms with Gasteiger partial charge >= 0.3 is 0 Å². The Kier molecular flexibility index (Phi) is 3.84. The minimum absolute atomic E-state index is 0.392. The molecule has 0 fully saturated rings. The lowest BCUT2D eigenvalue weighted by Crippen LogP contribution is -1.97. The van der Waals surface area contributed by atoms with Crippen LogP contribution < -0.4 is 0 Å². The lowest BCUT2D eigenvalue weighted by atomic mass is 10.1. The summed E-state index contributed by atoms with van der Waals surface area (Å²) in [6.07, 6.45) is 4.21. The summed E-state index contributed by atoms with van der Waals surface area (Å²) in [5.74, 6) is 0. The van der Waals surface area contributed by atoms with Gasteiger partial charge < -0.3 is 5.11 Å². The Morgan fingerprint density at radius 3 is 2.38 bits per heavy atom. The first-order chi connectivity index (χ1) is 10.3. The number of benzene rings is 2. The molecule has 0 radical (unpaired) electrons. The molecule has 1 heterocycles. The first-order valence-electron chi connectivity index (χ1n) is 7.16. The molecule has 0 aliphatic carbocycles. The molecule has 1 atom stereocenters. The van der Waals surface area contributed by atoms with Crippen molar-refractivity contribution in [2.24, 2.45) is 0 Å². The molecule has 0 unspecified atom stereocenters. The van der Waals surface area contributed by atoms with Crippen LogP contribution in [0.25, 0.3) is 16.8 Å². The predicted octanol–water partition coefficient (Wildman–Crippen LogP) is 3.98. The number of aliphatic hydroxyl groups is 1. The Balaban J connectivity index is 1.86. The molecule has 0 bridgehead atoms. The van der Waals surface area contributed by atoms with Crippen LogP contribution in [0.2, 0.25) is 0 Å². The van der Waals surface area contributed by atoms with E-state index in [2.05, 4.69) is 17.2 Å². The zero-order valence-electron chi connectivity index (χ0n) is 12.0. The van der Waals surface area contributed by atoms with Crippen molar-refractivity contribution in [3.05, 3.63) is 72.6 Å². The fraction of sp³-hybridized carbons (Fsp3) is 0.167. The standard InChI is InChI=1S/C18H18N2O/c1-2-18(21)15-8-10-17(11-9-15)20-13-16(12-19-20)14-6-4-3-5-7-14/h3-13,18,21H,2H2,1H3/t18-/m0/s1. The van der Waals surface area contributed by atoms with Gasteiger partial charge in [-0.2, -0.15) is 5.10 Å². The minimum Gasteiger partial charge on any atom is -0.388 e. The number of hydrogen-bond donors (Lipinski definition) is 1. The summed E-state index contributed by atoms with van der Waals surface area (Å²) < 4.78 is 1.85. The molecule has 1 N–H and O–H groups in total. The molecular weight excluding hydrogens is 260 g/mol. The highest BCUT2D eigenvalue weighted by Gasteiger charge is 2.06. The highest BCUT2D eigenvalue weighted by atomic mass is 16.3. The number of rotatable bonds is 4. The molecule has 0 saturated heterocycles.